The molecule has 2 N–H and O–H groups in total. The summed E-state index contributed by atoms with van der Waals surface area (Å²) >= 11 is 0. The van der Waals surface area contributed by atoms with Gasteiger partial charge in [0, 0.05) is 0 Å². The predicted octanol–water partition coefficient (Wildman–Crippen LogP) is -0.475. The Balaban J connectivity index is 2.43. The fraction of sp³-hybridized carbons (Fsp3) is 1.00. The molecule has 0 aromatic heterocycles. The van der Waals surface area contributed by atoms with Gasteiger partial charge in [0.15, 0.2) is 0 Å². The van der Waals surface area contributed by atoms with Gasteiger partial charge in [0.1, 0.15) is 0 Å². The second-order valence-corrected chi connectivity index (χ2v) is 1.64. The Labute approximate surface area is 40.0 Å². The maximum atomic E-state index is 11.8. The van der Waals surface area contributed by atoms with Crippen LogP contribution in [0.1, 0.15) is 6.92 Å². The number of halogens is 1. The van der Waals surface area contributed by atoms with Crippen LogP contribution in [0.25, 0.3) is 0 Å². The second kappa shape index (κ2) is 1.15. The Kier molecular flexibility index (Phi) is 0.815. The van der Waals surface area contributed by atoms with E-state index in [1.165, 1.54) is 6.92 Å². The first-order valence-corrected chi connectivity index (χ1v) is 1.93. The Morgan fingerprint density at radius 1 is 2.00 bits per heavy atom. The van der Waals surface area contributed by atoms with Crippen molar-refractivity contribution in [1.82, 2.24) is 5.48 Å². The van der Waals surface area contributed by atoms with Crippen molar-refractivity contribution >= 4 is 0 Å². The molecular formula is C3H6FNO2. The molecular weight excluding hydrogens is 101 g/mol. The summed E-state index contributed by atoms with van der Waals surface area (Å²) in [7, 11) is 0. The highest BCUT2D eigenvalue weighted by molar-refractivity contribution is 4.73. The van der Waals surface area contributed by atoms with Crippen molar-refractivity contribution in [3.8, 4) is 0 Å². The summed E-state index contributed by atoms with van der Waals surface area (Å²) in [6.45, 7) is 1.24. The minimum atomic E-state index is -1.60. The largest absolute Gasteiger partial charge is 0.361 e. The Morgan fingerprint density at radius 3 is 2.43 bits per heavy atom. The summed E-state index contributed by atoms with van der Waals surface area (Å²) in [4.78, 5) is 4.16. The van der Waals surface area contributed by atoms with Gasteiger partial charge in [-0.15, -0.1) is 0 Å². The number of rotatable bonds is 0. The molecule has 4 heteroatoms. The van der Waals surface area contributed by atoms with Crippen LogP contribution < -0.4 is 5.48 Å². The Bertz CT molecular complexity index is 85.0. The third-order valence-corrected chi connectivity index (χ3v) is 0.839. The minimum Gasteiger partial charge on any atom is -0.361 e. The number of hydroxylamine groups is 1. The first kappa shape index (κ1) is 4.96. The van der Waals surface area contributed by atoms with Crippen LogP contribution >= 0.6 is 0 Å². The van der Waals surface area contributed by atoms with Gasteiger partial charge in [-0.05, 0) is 6.92 Å². The standard InChI is InChI=1S/C3H6FNO2/c1-3(6)2(4)5-7-3/h2,5-6H,1H3/t2?,3-/m1/s1. The van der Waals surface area contributed by atoms with Gasteiger partial charge >= 0.3 is 0 Å². The number of alkyl halides is 1. The molecule has 0 saturated carbocycles. The number of hydrogen-bond donors (Lipinski definition) is 2. The van der Waals surface area contributed by atoms with Crippen LogP contribution in [0.3, 0.4) is 0 Å². The molecule has 0 amide bonds. The van der Waals surface area contributed by atoms with Crippen molar-refractivity contribution < 1.29 is 14.3 Å². The molecule has 0 aromatic carbocycles. The quantitative estimate of drug-likeness (QED) is 0.411. The van der Waals surface area contributed by atoms with E-state index in [9.17, 15) is 4.39 Å². The maximum Gasteiger partial charge on any atom is 0.229 e. The van der Waals surface area contributed by atoms with Gasteiger partial charge in [-0.25, -0.2) is 4.39 Å². The van der Waals surface area contributed by atoms with Crippen molar-refractivity contribution in [2.24, 2.45) is 0 Å². The number of aliphatic hydroxyl groups is 1. The molecule has 1 heterocycles. The molecule has 0 radical (unpaired) electrons. The van der Waals surface area contributed by atoms with Crippen LogP contribution in [-0.2, 0) is 4.84 Å². The van der Waals surface area contributed by atoms with Crippen LogP contribution in [0.2, 0.25) is 0 Å². The lowest BCUT2D eigenvalue weighted by molar-refractivity contribution is -0.374. The summed E-state index contributed by atoms with van der Waals surface area (Å²) in [5.41, 5.74) is 1.88. The SMILES string of the molecule is C[C@@]1(O)ONC1F. The van der Waals surface area contributed by atoms with Gasteiger partial charge < -0.3 is 5.11 Å². The minimum absolute atomic E-state index is 1.24. The first-order chi connectivity index (χ1) is 3.13. The van der Waals surface area contributed by atoms with E-state index in [-0.39, 0.29) is 0 Å². The predicted molar refractivity (Wildman–Crippen MR) is 19.7 cm³/mol. The summed E-state index contributed by atoms with van der Waals surface area (Å²) in [6, 6.07) is 0. The van der Waals surface area contributed by atoms with Crippen molar-refractivity contribution in [3.05, 3.63) is 0 Å². The molecule has 1 saturated heterocycles. The van der Waals surface area contributed by atoms with Crippen molar-refractivity contribution in [2.45, 2.75) is 19.0 Å². The summed E-state index contributed by atoms with van der Waals surface area (Å²) < 4.78 is 11.8. The van der Waals surface area contributed by atoms with Gasteiger partial charge in [-0.2, -0.15) is 5.48 Å². The maximum absolute atomic E-state index is 11.8. The highest BCUT2D eigenvalue weighted by Gasteiger charge is 2.43. The van der Waals surface area contributed by atoms with E-state index in [0.717, 1.165) is 0 Å². The zero-order valence-corrected chi connectivity index (χ0v) is 3.81. The van der Waals surface area contributed by atoms with E-state index in [2.05, 4.69) is 4.84 Å². The van der Waals surface area contributed by atoms with Gasteiger partial charge in [0.05, 0.1) is 0 Å². The highest BCUT2D eigenvalue weighted by atomic mass is 19.1. The smallest absolute Gasteiger partial charge is 0.229 e. The fourth-order valence-electron chi connectivity index (χ4n) is 0.274. The molecule has 1 aliphatic rings. The van der Waals surface area contributed by atoms with Gasteiger partial charge in [0.25, 0.3) is 0 Å². The molecule has 1 fully saturated rings. The molecule has 0 aromatic rings. The molecule has 1 aliphatic heterocycles. The van der Waals surface area contributed by atoms with Crippen LogP contribution in [-0.4, -0.2) is 17.2 Å². The van der Waals surface area contributed by atoms with E-state index in [1.807, 2.05) is 5.48 Å². The zero-order valence-electron chi connectivity index (χ0n) is 3.81. The number of hydrogen-bond acceptors (Lipinski definition) is 3. The third kappa shape index (κ3) is 0.605. The molecule has 0 spiro atoms. The molecule has 42 valence electrons. The Hall–Kier alpha value is -0.190. The van der Waals surface area contributed by atoms with E-state index in [1.54, 1.807) is 0 Å². The molecule has 1 unspecified atom stereocenters. The van der Waals surface area contributed by atoms with E-state index in [0.29, 0.717) is 0 Å². The summed E-state index contributed by atoms with van der Waals surface area (Å²) in [5, 5.41) is 8.52. The van der Waals surface area contributed by atoms with Crippen molar-refractivity contribution in [1.29, 1.82) is 0 Å². The molecule has 0 aliphatic carbocycles. The molecule has 7 heavy (non-hydrogen) atoms. The molecule has 0 bridgehead atoms. The van der Waals surface area contributed by atoms with Crippen LogP contribution in [0, 0.1) is 0 Å². The Morgan fingerprint density at radius 2 is 2.43 bits per heavy atom. The van der Waals surface area contributed by atoms with Gasteiger partial charge in [-0.1, -0.05) is 0 Å². The number of nitrogens with one attached hydrogen (secondary N) is 1. The molecule has 2 atom stereocenters. The topological polar surface area (TPSA) is 41.5 Å². The van der Waals surface area contributed by atoms with Crippen LogP contribution in [0.15, 0.2) is 0 Å². The van der Waals surface area contributed by atoms with Crippen molar-refractivity contribution in [3.63, 3.8) is 0 Å². The average molecular weight is 107 g/mol. The molecule has 3 nitrogen and oxygen atoms in total. The lowest BCUT2D eigenvalue weighted by Crippen LogP contribution is -2.61. The van der Waals surface area contributed by atoms with E-state index >= 15 is 0 Å². The van der Waals surface area contributed by atoms with Gasteiger partial charge in [0.2, 0.25) is 12.1 Å². The van der Waals surface area contributed by atoms with E-state index < -0.39 is 12.1 Å². The molecule has 1 rings (SSSR count). The average Bonchev–Trinajstić information content (AvgIpc) is 1.63. The summed E-state index contributed by atoms with van der Waals surface area (Å²) in [6.07, 6.45) is -1.44. The van der Waals surface area contributed by atoms with Gasteiger partial charge in [-0.3, -0.25) is 4.84 Å². The fourth-order valence-corrected chi connectivity index (χ4v) is 0.274. The van der Waals surface area contributed by atoms with Crippen LogP contribution in [0.4, 0.5) is 4.39 Å². The van der Waals surface area contributed by atoms with Crippen molar-refractivity contribution in [2.75, 3.05) is 0 Å². The third-order valence-electron chi connectivity index (χ3n) is 0.839. The second-order valence-electron chi connectivity index (χ2n) is 1.64. The lowest BCUT2D eigenvalue weighted by Gasteiger charge is -2.36. The highest BCUT2D eigenvalue weighted by Crippen LogP contribution is 2.19. The van der Waals surface area contributed by atoms with Crippen LogP contribution in [0.5, 0.6) is 0 Å². The summed E-state index contributed by atoms with van der Waals surface area (Å²) in [5.74, 6) is -1.60. The van der Waals surface area contributed by atoms with E-state index in [4.69, 9.17) is 5.11 Å². The lowest BCUT2D eigenvalue weighted by atomic mass is 10.3. The normalized spacial score (nSPS) is 51.0. The first-order valence-electron chi connectivity index (χ1n) is 1.93. The zero-order chi connectivity index (χ0) is 5.49. The monoisotopic (exact) mass is 107 g/mol.